The lowest BCUT2D eigenvalue weighted by Crippen LogP contribution is -2.25. The molecule has 0 rings (SSSR count). The molecular weight excluding hydrogens is 144 g/mol. The Morgan fingerprint density at radius 2 is 2.10 bits per heavy atom. The summed E-state index contributed by atoms with van der Waals surface area (Å²) in [6, 6.07) is 0. The van der Waals surface area contributed by atoms with Crippen molar-refractivity contribution in [2.24, 2.45) is 10.9 Å². The van der Waals surface area contributed by atoms with E-state index in [9.17, 15) is 8.78 Å². The molecule has 0 fully saturated rings. The molecule has 0 aliphatic rings. The maximum Gasteiger partial charge on any atom is 0.324 e. The number of oxime groups is 1. The van der Waals surface area contributed by atoms with Gasteiger partial charge >= 0.3 is 5.92 Å². The van der Waals surface area contributed by atoms with Crippen LogP contribution in [0.5, 0.6) is 0 Å². The summed E-state index contributed by atoms with van der Waals surface area (Å²) in [4.78, 5) is 0. The first kappa shape index (κ1) is 11.6. The smallest absolute Gasteiger partial charge is 0.324 e. The summed E-state index contributed by atoms with van der Waals surface area (Å²) in [5.41, 5.74) is 3.76. The number of halogens is 2. The molecule has 0 aromatic rings. The summed E-state index contributed by atoms with van der Waals surface area (Å²) in [5, 5.41) is 9.76. The number of hydrogen-bond acceptors (Lipinski definition) is 4. The molecule has 0 radical (unpaired) electrons. The zero-order chi connectivity index (χ0) is 7.49. The van der Waals surface area contributed by atoms with Crippen molar-refractivity contribution < 1.29 is 14.0 Å². The van der Waals surface area contributed by atoms with Crippen LogP contribution < -0.4 is 11.9 Å². The number of allylic oxidation sites excluding steroid dienone is 1. The number of nitrogens with zero attached hydrogens (tertiary/aromatic N) is 1. The van der Waals surface area contributed by atoms with Gasteiger partial charge in [-0.3, -0.25) is 0 Å². The first-order valence-electron chi connectivity index (χ1n) is 2.02. The quantitative estimate of drug-likeness (QED) is 0.310. The second kappa shape index (κ2) is 3.78. The topological polar surface area (TPSA) is 93.6 Å². The molecular formula is C4H9F2N3O. The lowest BCUT2D eigenvalue weighted by molar-refractivity contribution is 0.120. The van der Waals surface area contributed by atoms with E-state index >= 15 is 0 Å². The van der Waals surface area contributed by atoms with Gasteiger partial charge in [-0.15, -0.1) is 0 Å². The van der Waals surface area contributed by atoms with E-state index in [1.54, 1.807) is 0 Å². The predicted molar refractivity (Wildman–Crippen MR) is 33.6 cm³/mol. The maximum absolute atomic E-state index is 12.0. The number of hydrogen-bond donors (Lipinski definition) is 3. The molecule has 10 heavy (non-hydrogen) atoms. The normalized spacial score (nSPS) is 11.0. The Bertz CT molecular complexity index is 145. The zero-order valence-electron chi connectivity index (χ0n) is 5.22. The standard InChI is InChI=1S/C4H6F2N2O.H3N/c1-3(7)4(5,6)2-8-9;/h2,9H,1,7H2;1H3. The van der Waals surface area contributed by atoms with Crippen molar-refractivity contribution in [3.8, 4) is 0 Å². The average Bonchev–Trinajstić information content (AvgIpc) is 1.65. The molecule has 0 saturated heterocycles. The summed E-state index contributed by atoms with van der Waals surface area (Å²) < 4.78 is 24.0. The fourth-order valence-corrected chi connectivity index (χ4v) is 0.155. The molecule has 0 bridgehead atoms. The minimum atomic E-state index is -3.41. The van der Waals surface area contributed by atoms with Crippen LogP contribution in [0, 0.1) is 0 Å². The summed E-state index contributed by atoms with van der Waals surface area (Å²) in [6.45, 7) is 2.77. The number of nitrogens with two attached hydrogens (primary N) is 1. The zero-order valence-corrected chi connectivity index (χ0v) is 5.22. The van der Waals surface area contributed by atoms with Gasteiger partial charge in [0.1, 0.15) is 6.21 Å². The highest BCUT2D eigenvalue weighted by molar-refractivity contribution is 5.69. The van der Waals surface area contributed by atoms with Crippen molar-refractivity contribution in [1.29, 1.82) is 0 Å². The lowest BCUT2D eigenvalue weighted by atomic mass is 10.3. The molecule has 0 amide bonds. The van der Waals surface area contributed by atoms with Crippen LogP contribution in [0.25, 0.3) is 0 Å². The maximum atomic E-state index is 12.0. The van der Waals surface area contributed by atoms with Gasteiger partial charge in [0.05, 0.1) is 5.70 Å². The van der Waals surface area contributed by atoms with Gasteiger partial charge in [0, 0.05) is 0 Å². The number of alkyl halides is 2. The Morgan fingerprint density at radius 3 is 2.20 bits per heavy atom. The van der Waals surface area contributed by atoms with Crippen LogP contribution >= 0.6 is 0 Å². The molecule has 0 aliphatic heterocycles. The predicted octanol–water partition coefficient (Wildman–Crippen LogP) is 0.716. The molecule has 0 unspecified atom stereocenters. The van der Waals surface area contributed by atoms with Crippen LogP contribution in [0.15, 0.2) is 17.4 Å². The van der Waals surface area contributed by atoms with E-state index in [4.69, 9.17) is 5.21 Å². The molecule has 6 heteroatoms. The van der Waals surface area contributed by atoms with Crippen molar-refractivity contribution in [3.63, 3.8) is 0 Å². The number of rotatable bonds is 2. The first-order valence-corrected chi connectivity index (χ1v) is 2.02. The molecule has 0 aromatic heterocycles. The minimum Gasteiger partial charge on any atom is -0.411 e. The van der Waals surface area contributed by atoms with E-state index in [0.717, 1.165) is 0 Å². The van der Waals surface area contributed by atoms with Crippen molar-refractivity contribution in [2.45, 2.75) is 5.92 Å². The van der Waals surface area contributed by atoms with Gasteiger partial charge in [-0.1, -0.05) is 11.7 Å². The molecule has 0 aromatic carbocycles. The summed E-state index contributed by atoms with van der Waals surface area (Å²) in [6.07, 6.45) is 0.00926. The molecule has 0 aliphatic carbocycles. The van der Waals surface area contributed by atoms with E-state index in [1.807, 2.05) is 0 Å². The largest absolute Gasteiger partial charge is 0.411 e. The van der Waals surface area contributed by atoms with Gasteiger partial charge in [0.2, 0.25) is 0 Å². The van der Waals surface area contributed by atoms with Crippen LogP contribution in [-0.4, -0.2) is 17.3 Å². The summed E-state index contributed by atoms with van der Waals surface area (Å²) >= 11 is 0. The van der Waals surface area contributed by atoms with Gasteiger partial charge in [-0.2, -0.15) is 8.78 Å². The Labute approximate surface area is 56.6 Å². The van der Waals surface area contributed by atoms with E-state index in [0.29, 0.717) is 0 Å². The SMILES string of the molecule is C=C(N)C(F)(F)C=NO.N. The van der Waals surface area contributed by atoms with Gasteiger partial charge in [-0.05, 0) is 0 Å². The van der Waals surface area contributed by atoms with Gasteiger partial charge in [-0.25, -0.2) is 0 Å². The van der Waals surface area contributed by atoms with Crippen LogP contribution in [0.1, 0.15) is 0 Å². The molecule has 6 N–H and O–H groups in total. The lowest BCUT2D eigenvalue weighted by Gasteiger charge is -2.07. The highest BCUT2D eigenvalue weighted by atomic mass is 19.3. The summed E-state index contributed by atoms with van der Waals surface area (Å²) in [5.74, 6) is -3.41. The average molecular weight is 153 g/mol. The van der Waals surface area contributed by atoms with Gasteiger partial charge < -0.3 is 17.1 Å². The van der Waals surface area contributed by atoms with Gasteiger partial charge in [0.25, 0.3) is 0 Å². The van der Waals surface area contributed by atoms with E-state index < -0.39 is 11.6 Å². The molecule has 0 saturated carbocycles. The monoisotopic (exact) mass is 153 g/mol. The Kier molecular flexibility index (Phi) is 4.39. The molecule has 4 nitrogen and oxygen atoms in total. The fraction of sp³-hybridized carbons (Fsp3) is 0.250. The highest BCUT2D eigenvalue weighted by Crippen LogP contribution is 2.14. The molecule has 60 valence electrons. The third kappa shape index (κ3) is 2.98. The van der Waals surface area contributed by atoms with Crippen LogP contribution in [0.2, 0.25) is 0 Å². The van der Waals surface area contributed by atoms with Crippen molar-refractivity contribution in [1.82, 2.24) is 6.15 Å². The van der Waals surface area contributed by atoms with Crippen molar-refractivity contribution in [3.05, 3.63) is 12.3 Å². The second-order valence-electron chi connectivity index (χ2n) is 1.39. The summed E-state index contributed by atoms with van der Waals surface area (Å²) in [7, 11) is 0. The van der Waals surface area contributed by atoms with Crippen molar-refractivity contribution >= 4 is 6.21 Å². The Balaban J connectivity index is 0. The third-order valence-corrected chi connectivity index (χ3v) is 0.648. The molecule has 0 spiro atoms. The fourth-order valence-electron chi connectivity index (χ4n) is 0.155. The van der Waals surface area contributed by atoms with Crippen LogP contribution in [-0.2, 0) is 0 Å². The first-order chi connectivity index (χ1) is 4.00. The molecule has 0 atom stereocenters. The van der Waals surface area contributed by atoms with Crippen molar-refractivity contribution in [2.75, 3.05) is 0 Å². The van der Waals surface area contributed by atoms with E-state index in [2.05, 4.69) is 17.5 Å². The molecule has 0 heterocycles. The second-order valence-corrected chi connectivity index (χ2v) is 1.39. The Hall–Kier alpha value is -1.17. The van der Waals surface area contributed by atoms with E-state index in [-0.39, 0.29) is 12.4 Å². The Morgan fingerprint density at radius 1 is 1.70 bits per heavy atom. The third-order valence-electron chi connectivity index (χ3n) is 0.648. The van der Waals surface area contributed by atoms with E-state index in [1.165, 1.54) is 0 Å². The highest BCUT2D eigenvalue weighted by Gasteiger charge is 2.28. The van der Waals surface area contributed by atoms with Crippen LogP contribution in [0.4, 0.5) is 8.78 Å². The van der Waals surface area contributed by atoms with Gasteiger partial charge in [0.15, 0.2) is 0 Å². The minimum absolute atomic E-state index is 0. The van der Waals surface area contributed by atoms with Crippen LogP contribution in [0.3, 0.4) is 0 Å².